The standard InChI is InChI=1S/C17H17N3O2/c1-11(21)17(22)18-10-12-6-8-13(9-7-12)16-19-14-4-2-3-5-15(14)20-16/h2-9,11,21H,10H2,1H3,(H,18,22)(H,19,20). The highest BCUT2D eigenvalue weighted by atomic mass is 16.3. The van der Waals surface area contributed by atoms with E-state index in [0.29, 0.717) is 6.54 Å². The molecule has 0 fully saturated rings. The molecular weight excluding hydrogens is 278 g/mol. The van der Waals surface area contributed by atoms with Crippen LogP contribution in [0.4, 0.5) is 0 Å². The van der Waals surface area contributed by atoms with Gasteiger partial charge in [-0.2, -0.15) is 0 Å². The fourth-order valence-electron chi connectivity index (χ4n) is 2.21. The molecule has 0 aliphatic rings. The van der Waals surface area contributed by atoms with Gasteiger partial charge in [0.2, 0.25) is 5.91 Å². The van der Waals surface area contributed by atoms with Gasteiger partial charge in [-0.3, -0.25) is 4.79 Å². The maximum Gasteiger partial charge on any atom is 0.248 e. The van der Waals surface area contributed by atoms with Gasteiger partial charge in [0.25, 0.3) is 0 Å². The van der Waals surface area contributed by atoms with Crippen LogP contribution in [-0.2, 0) is 11.3 Å². The van der Waals surface area contributed by atoms with E-state index in [1.165, 1.54) is 6.92 Å². The average Bonchev–Trinajstić information content (AvgIpc) is 2.97. The molecule has 2 aromatic carbocycles. The molecule has 0 saturated heterocycles. The van der Waals surface area contributed by atoms with Gasteiger partial charge in [0, 0.05) is 12.1 Å². The lowest BCUT2D eigenvalue weighted by molar-refractivity contribution is -0.128. The van der Waals surface area contributed by atoms with Crippen LogP contribution in [0.5, 0.6) is 0 Å². The Kier molecular flexibility index (Phi) is 3.89. The zero-order valence-corrected chi connectivity index (χ0v) is 12.2. The number of imidazole rings is 1. The number of H-pyrrole nitrogens is 1. The Hall–Kier alpha value is -2.66. The largest absolute Gasteiger partial charge is 0.384 e. The molecule has 0 radical (unpaired) electrons. The van der Waals surface area contributed by atoms with E-state index in [4.69, 9.17) is 5.11 Å². The van der Waals surface area contributed by atoms with Crippen molar-refractivity contribution in [2.75, 3.05) is 0 Å². The zero-order valence-electron chi connectivity index (χ0n) is 12.2. The average molecular weight is 295 g/mol. The Morgan fingerprint density at radius 2 is 1.95 bits per heavy atom. The fraction of sp³-hybridized carbons (Fsp3) is 0.176. The maximum atomic E-state index is 11.3. The van der Waals surface area contributed by atoms with Gasteiger partial charge in [0.1, 0.15) is 11.9 Å². The number of para-hydroxylation sites is 2. The molecule has 1 aromatic heterocycles. The summed E-state index contributed by atoms with van der Waals surface area (Å²) in [6, 6.07) is 15.7. The van der Waals surface area contributed by atoms with Crippen LogP contribution in [0.3, 0.4) is 0 Å². The van der Waals surface area contributed by atoms with E-state index in [0.717, 1.165) is 28.0 Å². The Bertz CT molecular complexity index is 758. The molecule has 0 spiro atoms. The molecular formula is C17H17N3O2. The minimum absolute atomic E-state index is 0.374. The minimum atomic E-state index is -0.991. The molecule has 5 heteroatoms. The lowest BCUT2D eigenvalue weighted by atomic mass is 10.1. The van der Waals surface area contributed by atoms with E-state index in [1.54, 1.807) is 0 Å². The van der Waals surface area contributed by atoms with Crippen LogP contribution in [0.1, 0.15) is 12.5 Å². The van der Waals surface area contributed by atoms with Gasteiger partial charge < -0.3 is 15.4 Å². The molecule has 22 heavy (non-hydrogen) atoms. The second-order valence-corrected chi connectivity index (χ2v) is 5.19. The van der Waals surface area contributed by atoms with Crippen molar-refractivity contribution >= 4 is 16.9 Å². The molecule has 0 saturated carbocycles. The monoisotopic (exact) mass is 295 g/mol. The number of aromatic amines is 1. The van der Waals surface area contributed by atoms with Crippen molar-refractivity contribution in [3.8, 4) is 11.4 Å². The van der Waals surface area contributed by atoms with Gasteiger partial charge in [0.05, 0.1) is 11.0 Å². The molecule has 1 heterocycles. The molecule has 1 atom stereocenters. The van der Waals surface area contributed by atoms with Gasteiger partial charge in [-0.15, -0.1) is 0 Å². The predicted molar refractivity (Wildman–Crippen MR) is 85.1 cm³/mol. The number of nitrogens with zero attached hydrogens (tertiary/aromatic N) is 1. The van der Waals surface area contributed by atoms with Crippen molar-refractivity contribution in [2.45, 2.75) is 19.6 Å². The van der Waals surface area contributed by atoms with Crippen molar-refractivity contribution in [1.82, 2.24) is 15.3 Å². The highest BCUT2D eigenvalue weighted by Gasteiger charge is 2.08. The lowest BCUT2D eigenvalue weighted by Crippen LogP contribution is -2.31. The van der Waals surface area contributed by atoms with Crippen LogP contribution < -0.4 is 5.32 Å². The molecule has 1 unspecified atom stereocenters. The van der Waals surface area contributed by atoms with Gasteiger partial charge in [-0.05, 0) is 24.6 Å². The van der Waals surface area contributed by atoms with Crippen molar-refractivity contribution in [3.63, 3.8) is 0 Å². The topological polar surface area (TPSA) is 78.0 Å². The first-order valence-corrected chi connectivity index (χ1v) is 7.13. The molecule has 3 rings (SSSR count). The first kappa shape index (κ1) is 14.3. The number of aromatic nitrogens is 2. The number of hydrogen-bond acceptors (Lipinski definition) is 3. The van der Waals surface area contributed by atoms with Crippen LogP contribution in [-0.4, -0.2) is 27.1 Å². The normalized spacial score (nSPS) is 12.3. The smallest absolute Gasteiger partial charge is 0.248 e. The van der Waals surface area contributed by atoms with Gasteiger partial charge in [-0.25, -0.2) is 4.98 Å². The molecule has 3 N–H and O–H groups in total. The predicted octanol–water partition coefficient (Wildman–Crippen LogP) is 2.23. The Morgan fingerprint density at radius 3 is 2.64 bits per heavy atom. The highest BCUT2D eigenvalue weighted by Crippen LogP contribution is 2.20. The Balaban J connectivity index is 1.75. The summed E-state index contributed by atoms with van der Waals surface area (Å²) in [6.07, 6.45) is -0.991. The third kappa shape index (κ3) is 2.99. The summed E-state index contributed by atoms with van der Waals surface area (Å²) in [6.45, 7) is 1.84. The van der Waals surface area contributed by atoms with Crippen molar-refractivity contribution in [1.29, 1.82) is 0 Å². The molecule has 0 aliphatic heterocycles. The number of fused-ring (bicyclic) bond motifs is 1. The van der Waals surface area contributed by atoms with Crippen LogP contribution >= 0.6 is 0 Å². The van der Waals surface area contributed by atoms with E-state index < -0.39 is 6.10 Å². The van der Waals surface area contributed by atoms with E-state index in [2.05, 4.69) is 15.3 Å². The third-order valence-corrected chi connectivity index (χ3v) is 3.46. The maximum absolute atomic E-state index is 11.3. The fourth-order valence-corrected chi connectivity index (χ4v) is 2.21. The zero-order chi connectivity index (χ0) is 15.5. The summed E-state index contributed by atoms with van der Waals surface area (Å²) < 4.78 is 0. The number of carbonyl (C=O) groups is 1. The summed E-state index contributed by atoms with van der Waals surface area (Å²) in [5.41, 5.74) is 3.90. The number of benzene rings is 2. The Morgan fingerprint density at radius 1 is 1.23 bits per heavy atom. The van der Waals surface area contributed by atoms with Gasteiger partial charge >= 0.3 is 0 Å². The summed E-state index contributed by atoms with van der Waals surface area (Å²) in [7, 11) is 0. The van der Waals surface area contributed by atoms with Crippen molar-refractivity contribution < 1.29 is 9.90 Å². The quantitative estimate of drug-likeness (QED) is 0.690. The lowest BCUT2D eigenvalue weighted by Gasteiger charge is -2.07. The summed E-state index contributed by atoms with van der Waals surface area (Å²) in [5.74, 6) is 0.446. The number of amides is 1. The summed E-state index contributed by atoms with van der Waals surface area (Å²) in [5, 5.41) is 11.8. The molecule has 3 aromatic rings. The first-order valence-electron chi connectivity index (χ1n) is 7.13. The first-order chi connectivity index (χ1) is 10.6. The number of aliphatic hydroxyl groups is 1. The summed E-state index contributed by atoms with van der Waals surface area (Å²) >= 11 is 0. The van der Waals surface area contributed by atoms with Crippen molar-refractivity contribution in [3.05, 3.63) is 54.1 Å². The van der Waals surface area contributed by atoms with E-state index in [-0.39, 0.29) is 5.91 Å². The van der Waals surface area contributed by atoms with Gasteiger partial charge in [-0.1, -0.05) is 36.4 Å². The third-order valence-electron chi connectivity index (χ3n) is 3.46. The van der Waals surface area contributed by atoms with E-state index >= 15 is 0 Å². The van der Waals surface area contributed by atoms with Crippen LogP contribution in [0, 0.1) is 0 Å². The minimum Gasteiger partial charge on any atom is -0.384 e. The second kappa shape index (κ2) is 5.99. The molecule has 1 amide bonds. The van der Waals surface area contributed by atoms with Crippen LogP contribution in [0.25, 0.3) is 22.4 Å². The number of rotatable bonds is 4. The molecule has 0 aliphatic carbocycles. The highest BCUT2D eigenvalue weighted by molar-refractivity contribution is 5.80. The molecule has 112 valence electrons. The second-order valence-electron chi connectivity index (χ2n) is 5.19. The number of nitrogens with one attached hydrogen (secondary N) is 2. The number of carbonyl (C=O) groups excluding carboxylic acids is 1. The van der Waals surface area contributed by atoms with E-state index in [9.17, 15) is 4.79 Å². The molecule has 5 nitrogen and oxygen atoms in total. The molecule has 0 bridgehead atoms. The van der Waals surface area contributed by atoms with Gasteiger partial charge in [0.15, 0.2) is 0 Å². The van der Waals surface area contributed by atoms with E-state index in [1.807, 2.05) is 48.5 Å². The van der Waals surface area contributed by atoms with Crippen molar-refractivity contribution in [2.24, 2.45) is 0 Å². The van der Waals surface area contributed by atoms with Crippen LogP contribution in [0.2, 0.25) is 0 Å². The number of aliphatic hydroxyl groups excluding tert-OH is 1. The number of hydrogen-bond donors (Lipinski definition) is 3. The summed E-state index contributed by atoms with van der Waals surface area (Å²) in [4.78, 5) is 19.2. The SMILES string of the molecule is CC(O)C(=O)NCc1ccc(-c2nc3ccccc3[nH]2)cc1. The Labute approximate surface area is 128 Å². The van der Waals surface area contributed by atoms with Crippen LogP contribution in [0.15, 0.2) is 48.5 Å².